The van der Waals surface area contributed by atoms with Gasteiger partial charge in [-0.25, -0.2) is 0 Å². The minimum Gasteiger partial charge on any atom is -0.445 e. The molecule has 1 nitrogen and oxygen atoms in total. The molecule has 0 aromatic rings. The summed E-state index contributed by atoms with van der Waals surface area (Å²) >= 11 is 0. The van der Waals surface area contributed by atoms with Gasteiger partial charge in [-0.1, -0.05) is 33.6 Å². The molecular weight excluding hydrogens is 159 g/mol. The van der Waals surface area contributed by atoms with Gasteiger partial charge in [0.05, 0.1) is 0 Å². The van der Waals surface area contributed by atoms with Crippen molar-refractivity contribution in [1.29, 1.82) is 0 Å². The lowest BCUT2D eigenvalue weighted by Gasteiger charge is -2.20. The summed E-state index contributed by atoms with van der Waals surface area (Å²) in [5.41, 5.74) is 0. The normalized spacial score (nSPS) is 34.3. The first kappa shape index (κ1) is 11.1. The van der Waals surface area contributed by atoms with E-state index in [-0.39, 0.29) is 0 Å². The average Bonchev–Trinajstić information content (AvgIpc) is 2.49. The lowest BCUT2D eigenvalue weighted by atomic mass is 9.86. The van der Waals surface area contributed by atoms with Crippen LogP contribution < -0.4 is 0 Å². The van der Waals surface area contributed by atoms with Gasteiger partial charge in [-0.2, -0.15) is 0 Å². The lowest BCUT2D eigenvalue weighted by Crippen LogP contribution is -2.14. The second-order valence-electron chi connectivity index (χ2n) is 4.46. The Morgan fingerprint density at radius 1 is 1.31 bits per heavy atom. The molecule has 0 saturated heterocycles. The molecule has 0 amide bonds. The van der Waals surface area contributed by atoms with Crippen LogP contribution in [0.15, 0.2) is 0 Å². The van der Waals surface area contributed by atoms with Gasteiger partial charge in [0.25, 0.3) is 8.05 Å². The van der Waals surface area contributed by atoms with Crippen molar-refractivity contribution in [3.63, 3.8) is 0 Å². The largest absolute Gasteiger partial charge is 0.445 e. The van der Waals surface area contributed by atoms with Crippen LogP contribution in [0.4, 0.5) is 0 Å². The molecule has 1 fully saturated rings. The fourth-order valence-corrected chi connectivity index (χ4v) is 2.79. The molecule has 0 bridgehead atoms. The van der Waals surface area contributed by atoms with E-state index in [9.17, 15) is 0 Å². The maximum absolute atomic E-state index is 5.27. The molecule has 0 N–H and O–H groups in total. The maximum atomic E-state index is 5.27. The zero-order valence-corrected chi connectivity index (χ0v) is 9.12. The van der Waals surface area contributed by atoms with Crippen molar-refractivity contribution in [2.45, 2.75) is 52.6 Å². The van der Waals surface area contributed by atoms with E-state index in [4.69, 9.17) is 12.7 Å². The zero-order chi connectivity index (χ0) is 9.84. The Labute approximate surface area is 83.7 Å². The van der Waals surface area contributed by atoms with Crippen LogP contribution in [0.2, 0.25) is 0 Å². The summed E-state index contributed by atoms with van der Waals surface area (Å²) in [6.07, 6.45) is 5.37. The Morgan fingerprint density at radius 2 is 1.92 bits per heavy atom. The van der Waals surface area contributed by atoms with Crippen LogP contribution in [0, 0.1) is 17.8 Å². The second-order valence-corrected chi connectivity index (χ2v) is 4.46. The maximum Gasteiger partial charge on any atom is 0.283 e. The van der Waals surface area contributed by atoms with Crippen LogP contribution in [0.3, 0.4) is 0 Å². The van der Waals surface area contributed by atoms with Gasteiger partial charge in [-0.05, 0) is 30.6 Å². The smallest absolute Gasteiger partial charge is 0.283 e. The Hall–Kier alpha value is 0.0249. The third kappa shape index (κ3) is 2.49. The molecule has 2 radical (unpaired) electrons. The highest BCUT2D eigenvalue weighted by Gasteiger charge is 2.33. The predicted octanol–water partition coefficient (Wildman–Crippen LogP) is 2.94. The first-order valence-electron chi connectivity index (χ1n) is 5.58. The quantitative estimate of drug-likeness (QED) is 0.604. The Balaban J connectivity index is 2.46. The third-order valence-corrected chi connectivity index (χ3v) is 3.73. The fraction of sp³-hybridized carbons (Fsp3) is 1.00. The first-order chi connectivity index (χ1) is 6.22. The van der Waals surface area contributed by atoms with E-state index in [0.717, 1.165) is 11.8 Å². The first-order valence-corrected chi connectivity index (χ1v) is 5.58. The van der Waals surface area contributed by atoms with Gasteiger partial charge >= 0.3 is 0 Å². The molecule has 1 rings (SSSR count). The number of hydrogen-bond acceptors (Lipinski definition) is 1. The van der Waals surface area contributed by atoms with Crippen molar-refractivity contribution in [3.05, 3.63) is 0 Å². The molecule has 1 saturated carbocycles. The summed E-state index contributed by atoms with van der Waals surface area (Å²) < 4.78 is 4.99. The molecule has 74 valence electrons. The van der Waals surface area contributed by atoms with Crippen molar-refractivity contribution in [2.75, 3.05) is 0 Å². The summed E-state index contributed by atoms with van der Waals surface area (Å²) in [5.74, 6) is 2.37. The van der Waals surface area contributed by atoms with Crippen molar-refractivity contribution >= 4 is 8.05 Å². The highest BCUT2D eigenvalue weighted by molar-refractivity contribution is 5.98. The Bertz CT molecular complexity index is 145. The molecule has 0 heterocycles. The van der Waals surface area contributed by atoms with Crippen LogP contribution in [-0.4, -0.2) is 14.2 Å². The number of hydrogen-bond donors (Lipinski definition) is 0. The van der Waals surface area contributed by atoms with E-state index in [2.05, 4.69) is 20.8 Å². The summed E-state index contributed by atoms with van der Waals surface area (Å²) in [5, 5.41) is 0. The molecular formula is C11H21BO. The van der Waals surface area contributed by atoms with Crippen LogP contribution in [-0.2, 0) is 4.65 Å². The van der Waals surface area contributed by atoms with E-state index < -0.39 is 0 Å². The van der Waals surface area contributed by atoms with E-state index in [1.54, 1.807) is 0 Å². The van der Waals surface area contributed by atoms with E-state index in [1.807, 2.05) is 0 Å². The van der Waals surface area contributed by atoms with Crippen molar-refractivity contribution in [1.82, 2.24) is 0 Å². The molecule has 0 aromatic carbocycles. The average molecular weight is 180 g/mol. The standard InChI is InChI=1S/C11H21BO/c1-4-9(5-2)10-6-8(3)11(7-10)13-12/h8-11H,4-7H2,1-3H3. The van der Waals surface area contributed by atoms with E-state index in [1.165, 1.54) is 25.7 Å². The summed E-state index contributed by atoms with van der Waals surface area (Å²) in [7, 11) is 5.27. The van der Waals surface area contributed by atoms with E-state index >= 15 is 0 Å². The minimum absolute atomic E-state index is 0.311. The van der Waals surface area contributed by atoms with Crippen LogP contribution in [0.25, 0.3) is 0 Å². The molecule has 0 aromatic heterocycles. The van der Waals surface area contributed by atoms with Gasteiger partial charge in [-0.15, -0.1) is 0 Å². The lowest BCUT2D eigenvalue weighted by molar-refractivity contribution is 0.178. The van der Waals surface area contributed by atoms with Crippen LogP contribution in [0.1, 0.15) is 46.5 Å². The van der Waals surface area contributed by atoms with Crippen LogP contribution >= 0.6 is 0 Å². The van der Waals surface area contributed by atoms with Gasteiger partial charge in [0, 0.05) is 6.10 Å². The molecule has 0 spiro atoms. The van der Waals surface area contributed by atoms with Gasteiger partial charge in [0.1, 0.15) is 0 Å². The summed E-state index contributed by atoms with van der Waals surface area (Å²) in [6, 6.07) is 0. The highest BCUT2D eigenvalue weighted by Crippen LogP contribution is 2.39. The Kier molecular flexibility index (Phi) is 4.31. The van der Waals surface area contributed by atoms with E-state index in [0.29, 0.717) is 12.0 Å². The number of rotatable bonds is 4. The predicted molar refractivity (Wildman–Crippen MR) is 56.6 cm³/mol. The molecule has 1 aliphatic carbocycles. The zero-order valence-electron chi connectivity index (χ0n) is 9.12. The highest BCUT2D eigenvalue weighted by atomic mass is 16.4. The second kappa shape index (κ2) is 5.04. The monoisotopic (exact) mass is 180 g/mol. The molecule has 3 unspecified atom stereocenters. The fourth-order valence-electron chi connectivity index (χ4n) is 2.79. The van der Waals surface area contributed by atoms with Crippen molar-refractivity contribution in [3.8, 4) is 0 Å². The molecule has 0 aliphatic heterocycles. The Morgan fingerprint density at radius 3 is 2.31 bits per heavy atom. The molecule has 13 heavy (non-hydrogen) atoms. The van der Waals surface area contributed by atoms with Gasteiger partial charge in [0.15, 0.2) is 0 Å². The van der Waals surface area contributed by atoms with Crippen molar-refractivity contribution in [2.24, 2.45) is 17.8 Å². The molecule has 2 heteroatoms. The molecule has 3 atom stereocenters. The summed E-state index contributed by atoms with van der Waals surface area (Å²) in [6.45, 7) is 6.82. The topological polar surface area (TPSA) is 9.23 Å². The third-order valence-electron chi connectivity index (χ3n) is 3.73. The van der Waals surface area contributed by atoms with Crippen LogP contribution in [0.5, 0.6) is 0 Å². The minimum atomic E-state index is 0.311. The van der Waals surface area contributed by atoms with Gasteiger partial charge in [0.2, 0.25) is 0 Å². The molecule has 1 aliphatic rings. The van der Waals surface area contributed by atoms with Gasteiger partial charge in [-0.3, -0.25) is 0 Å². The van der Waals surface area contributed by atoms with Crippen molar-refractivity contribution < 1.29 is 4.65 Å². The SMILES string of the molecule is [B]OC1CC(C(CC)CC)CC1C. The summed E-state index contributed by atoms with van der Waals surface area (Å²) in [4.78, 5) is 0. The van der Waals surface area contributed by atoms with Gasteiger partial charge < -0.3 is 4.65 Å².